The molecule has 0 heterocycles. The lowest BCUT2D eigenvalue weighted by molar-refractivity contribution is -0.141. The second kappa shape index (κ2) is 8.57. The third-order valence-electron chi connectivity index (χ3n) is 3.12. The van der Waals surface area contributed by atoms with Crippen LogP contribution >= 0.6 is 0 Å². The topological polar surface area (TPSA) is 98.7 Å². The van der Waals surface area contributed by atoms with Gasteiger partial charge in [-0.05, 0) is 24.3 Å². The molecule has 1 unspecified atom stereocenters. The Morgan fingerprint density at radius 1 is 1.30 bits per heavy atom. The van der Waals surface area contributed by atoms with Crippen LogP contribution in [0.15, 0.2) is 36.9 Å². The highest BCUT2D eigenvalue weighted by Crippen LogP contribution is 2.11. The third kappa shape index (κ3) is 5.82. The van der Waals surface area contributed by atoms with Gasteiger partial charge in [0.2, 0.25) is 0 Å². The number of nitrogens with zero attached hydrogens (tertiary/aromatic N) is 1. The summed E-state index contributed by atoms with van der Waals surface area (Å²) in [4.78, 5) is 35.8. The molecule has 0 aromatic heterocycles. The van der Waals surface area contributed by atoms with E-state index >= 15 is 0 Å². The fourth-order valence-electron chi connectivity index (χ4n) is 1.76. The van der Waals surface area contributed by atoms with Crippen LogP contribution in [0, 0.1) is 5.92 Å². The predicted octanol–water partition coefficient (Wildman–Crippen LogP) is 1.79. The summed E-state index contributed by atoms with van der Waals surface area (Å²) in [7, 11) is 1.52. The minimum Gasteiger partial charge on any atom is -0.481 e. The summed E-state index contributed by atoms with van der Waals surface area (Å²) >= 11 is 0. The monoisotopic (exact) mass is 319 g/mol. The Balaban J connectivity index is 2.60. The molecular weight excluding hydrogens is 298 g/mol. The third-order valence-corrected chi connectivity index (χ3v) is 3.12. The molecule has 124 valence electrons. The highest BCUT2D eigenvalue weighted by atomic mass is 16.4. The van der Waals surface area contributed by atoms with E-state index in [4.69, 9.17) is 5.11 Å². The molecule has 0 fully saturated rings. The van der Waals surface area contributed by atoms with Crippen LogP contribution in [0.1, 0.15) is 17.3 Å². The molecule has 3 N–H and O–H groups in total. The lowest BCUT2D eigenvalue weighted by atomic mass is 10.2. The first kappa shape index (κ1) is 18.2. The number of nitrogens with one attached hydrogen (secondary N) is 2. The molecule has 7 nitrogen and oxygen atoms in total. The zero-order valence-electron chi connectivity index (χ0n) is 13.2. The van der Waals surface area contributed by atoms with E-state index in [1.807, 2.05) is 0 Å². The number of carbonyl (C=O) groups excluding carboxylic acids is 2. The Morgan fingerprint density at radius 2 is 1.91 bits per heavy atom. The van der Waals surface area contributed by atoms with Crippen molar-refractivity contribution in [1.82, 2.24) is 10.2 Å². The van der Waals surface area contributed by atoms with E-state index in [2.05, 4.69) is 17.2 Å². The van der Waals surface area contributed by atoms with E-state index in [1.54, 1.807) is 30.3 Å². The first-order valence-electron chi connectivity index (χ1n) is 7.09. The Bertz CT molecular complexity index is 583. The molecule has 7 heteroatoms. The largest absolute Gasteiger partial charge is 0.481 e. The van der Waals surface area contributed by atoms with Gasteiger partial charge in [-0.15, -0.1) is 6.58 Å². The maximum Gasteiger partial charge on any atom is 0.321 e. The van der Waals surface area contributed by atoms with Crippen LogP contribution in [-0.2, 0) is 4.79 Å². The van der Waals surface area contributed by atoms with Gasteiger partial charge < -0.3 is 20.6 Å². The van der Waals surface area contributed by atoms with Crippen LogP contribution in [0.5, 0.6) is 0 Å². The van der Waals surface area contributed by atoms with E-state index in [-0.39, 0.29) is 12.5 Å². The predicted molar refractivity (Wildman–Crippen MR) is 87.4 cm³/mol. The molecule has 0 aliphatic heterocycles. The lowest BCUT2D eigenvalue weighted by Gasteiger charge is -2.20. The summed E-state index contributed by atoms with van der Waals surface area (Å²) in [5.41, 5.74) is 0.989. The summed E-state index contributed by atoms with van der Waals surface area (Å²) in [5.74, 6) is -1.84. The van der Waals surface area contributed by atoms with Gasteiger partial charge in [-0.1, -0.05) is 13.0 Å². The second-order valence-electron chi connectivity index (χ2n) is 5.13. The number of carbonyl (C=O) groups is 3. The van der Waals surface area contributed by atoms with Crippen LogP contribution in [0.3, 0.4) is 0 Å². The quantitative estimate of drug-likeness (QED) is 0.667. The fourth-order valence-corrected chi connectivity index (χ4v) is 1.76. The zero-order chi connectivity index (χ0) is 17.4. The van der Waals surface area contributed by atoms with Crippen molar-refractivity contribution in [3.8, 4) is 0 Å². The van der Waals surface area contributed by atoms with Gasteiger partial charge in [0, 0.05) is 31.4 Å². The first-order chi connectivity index (χ1) is 10.8. The van der Waals surface area contributed by atoms with Gasteiger partial charge in [0.15, 0.2) is 0 Å². The Morgan fingerprint density at radius 3 is 2.43 bits per heavy atom. The van der Waals surface area contributed by atoms with Crippen LogP contribution in [0.2, 0.25) is 0 Å². The number of rotatable bonds is 7. The van der Waals surface area contributed by atoms with Crippen LogP contribution in [-0.4, -0.2) is 48.1 Å². The molecule has 0 aliphatic carbocycles. The normalized spacial score (nSPS) is 11.2. The molecule has 0 radical (unpaired) electrons. The van der Waals surface area contributed by atoms with Crippen LogP contribution in [0.4, 0.5) is 10.5 Å². The summed E-state index contributed by atoms with van der Waals surface area (Å²) in [6, 6.07) is 5.98. The molecule has 0 aliphatic rings. The number of hydrogen-bond donors (Lipinski definition) is 3. The Hall–Kier alpha value is -2.83. The Kier molecular flexibility index (Phi) is 6.79. The van der Waals surface area contributed by atoms with Gasteiger partial charge in [-0.2, -0.15) is 0 Å². The number of aliphatic carboxylic acids is 1. The molecule has 1 atom stereocenters. The summed E-state index contributed by atoms with van der Waals surface area (Å²) in [6.07, 6.45) is 1.58. The first-order valence-corrected chi connectivity index (χ1v) is 7.09. The van der Waals surface area contributed by atoms with Crippen molar-refractivity contribution < 1.29 is 19.5 Å². The standard InChI is InChI=1S/C16H21N3O4/c1-4-9-17-14(20)12-5-7-13(8-6-12)18-16(23)19(3)10-11(2)15(21)22/h4-8,11H,1,9-10H2,2-3H3,(H,17,20)(H,18,23)(H,21,22). The molecule has 0 saturated heterocycles. The van der Waals surface area contributed by atoms with Crippen molar-refractivity contribution >= 4 is 23.6 Å². The van der Waals surface area contributed by atoms with Crippen molar-refractivity contribution in [3.05, 3.63) is 42.5 Å². The van der Waals surface area contributed by atoms with Crippen molar-refractivity contribution in [1.29, 1.82) is 0 Å². The van der Waals surface area contributed by atoms with Gasteiger partial charge in [-0.25, -0.2) is 4.79 Å². The maximum atomic E-state index is 12.0. The van der Waals surface area contributed by atoms with Gasteiger partial charge in [-0.3, -0.25) is 9.59 Å². The number of urea groups is 1. The van der Waals surface area contributed by atoms with E-state index in [1.165, 1.54) is 18.9 Å². The second-order valence-corrected chi connectivity index (χ2v) is 5.13. The Labute approximate surface area is 135 Å². The summed E-state index contributed by atoms with van der Waals surface area (Å²) < 4.78 is 0. The van der Waals surface area contributed by atoms with Gasteiger partial charge in [0.05, 0.1) is 5.92 Å². The number of carboxylic acids is 1. The highest BCUT2D eigenvalue weighted by Gasteiger charge is 2.17. The minimum atomic E-state index is -0.959. The van der Waals surface area contributed by atoms with Crippen molar-refractivity contribution in [2.75, 3.05) is 25.5 Å². The average Bonchev–Trinajstić information content (AvgIpc) is 2.52. The molecule has 23 heavy (non-hydrogen) atoms. The molecule has 1 aromatic carbocycles. The van der Waals surface area contributed by atoms with Gasteiger partial charge in [0.25, 0.3) is 5.91 Å². The summed E-state index contributed by atoms with van der Waals surface area (Å²) in [6.45, 7) is 5.53. The number of carboxylic acid groups (broad SMARTS) is 1. The van der Waals surface area contributed by atoms with Crippen molar-refractivity contribution in [2.45, 2.75) is 6.92 Å². The van der Waals surface area contributed by atoms with Gasteiger partial charge >= 0.3 is 12.0 Å². The van der Waals surface area contributed by atoms with E-state index in [9.17, 15) is 14.4 Å². The number of amides is 3. The smallest absolute Gasteiger partial charge is 0.321 e. The maximum absolute atomic E-state index is 12.0. The van der Waals surface area contributed by atoms with Crippen LogP contribution in [0.25, 0.3) is 0 Å². The van der Waals surface area contributed by atoms with E-state index < -0.39 is 17.9 Å². The van der Waals surface area contributed by atoms with E-state index in [0.29, 0.717) is 17.8 Å². The van der Waals surface area contributed by atoms with E-state index in [0.717, 1.165) is 0 Å². The highest BCUT2D eigenvalue weighted by molar-refractivity contribution is 5.95. The number of benzene rings is 1. The minimum absolute atomic E-state index is 0.100. The fraction of sp³-hybridized carbons (Fsp3) is 0.312. The zero-order valence-corrected chi connectivity index (χ0v) is 13.2. The average molecular weight is 319 g/mol. The van der Waals surface area contributed by atoms with Crippen LogP contribution < -0.4 is 10.6 Å². The van der Waals surface area contributed by atoms with Crippen molar-refractivity contribution in [2.24, 2.45) is 5.92 Å². The molecule has 0 bridgehead atoms. The molecule has 0 spiro atoms. The number of hydrogen-bond acceptors (Lipinski definition) is 3. The molecular formula is C16H21N3O4. The van der Waals surface area contributed by atoms with Crippen molar-refractivity contribution in [3.63, 3.8) is 0 Å². The summed E-state index contributed by atoms with van der Waals surface area (Å²) in [5, 5.41) is 14.1. The molecule has 0 saturated carbocycles. The SMILES string of the molecule is C=CCNC(=O)c1ccc(NC(=O)N(C)CC(C)C(=O)O)cc1. The lowest BCUT2D eigenvalue weighted by Crippen LogP contribution is -2.36. The van der Waals surface area contributed by atoms with Gasteiger partial charge in [0.1, 0.15) is 0 Å². The molecule has 1 aromatic rings. The molecule has 3 amide bonds. The number of anilines is 1. The molecule has 1 rings (SSSR count).